The Kier molecular flexibility index (Phi) is 4.99. The van der Waals surface area contributed by atoms with E-state index in [9.17, 15) is 4.79 Å². The van der Waals surface area contributed by atoms with Crippen molar-refractivity contribution in [3.63, 3.8) is 0 Å². The molecular formula is C14H18BrN3OS. The van der Waals surface area contributed by atoms with Crippen LogP contribution in [0.25, 0.3) is 0 Å². The number of carbonyl (C=O) groups is 1. The number of hydrogen-bond acceptors (Lipinski definition) is 3. The molecule has 0 unspecified atom stereocenters. The van der Waals surface area contributed by atoms with Gasteiger partial charge in [-0.1, -0.05) is 28.1 Å². The van der Waals surface area contributed by atoms with Crippen LogP contribution in [0.15, 0.2) is 22.7 Å². The van der Waals surface area contributed by atoms with E-state index >= 15 is 0 Å². The lowest BCUT2D eigenvalue weighted by Gasteiger charge is -2.25. The van der Waals surface area contributed by atoms with Gasteiger partial charge in [-0.3, -0.25) is 4.79 Å². The molecule has 0 bridgehead atoms. The normalized spacial score (nSPS) is 15.9. The SMILES string of the molecule is CC(=O)N1CCCN(c2cc(Br)ccc2C(N)=S)CC1. The van der Waals surface area contributed by atoms with E-state index in [4.69, 9.17) is 18.0 Å². The summed E-state index contributed by atoms with van der Waals surface area (Å²) in [6.07, 6.45) is 0.947. The predicted octanol–water partition coefficient (Wildman–Crippen LogP) is 2.14. The molecule has 6 heteroatoms. The van der Waals surface area contributed by atoms with Crippen LogP contribution in [0.4, 0.5) is 5.69 Å². The first-order chi connectivity index (χ1) is 9.49. The second kappa shape index (κ2) is 6.54. The minimum absolute atomic E-state index is 0.135. The van der Waals surface area contributed by atoms with Gasteiger partial charge < -0.3 is 15.5 Å². The van der Waals surface area contributed by atoms with Crippen LogP contribution >= 0.6 is 28.1 Å². The third kappa shape index (κ3) is 3.49. The zero-order chi connectivity index (χ0) is 14.7. The highest BCUT2D eigenvalue weighted by atomic mass is 79.9. The number of rotatable bonds is 2. The summed E-state index contributed by atoms with van der Waals surface area (Å²) in [5.41, 5.74) is 7.74. The van der Waals surface area contributed by atoms with Crippen molar-refractivity contribution >= 4 is 44.7 Å². The van der Waals surface area contributed by atoms with Crippen LogP contribution in [-0.4, -0.2) is 42.0 Å². The standard InChI is InChI=1S/C14H18BrN3OS/c1-10(19)17-5-2-6-18(8-7-17)13-9-11(15)3-4-12(13)14(16)20/h3-4,9H,2,5-8H2,1H3,(H2,16,20). The van der Waals surface area contributed by atoms with Gasteiger partial charge in [-0.05, 0) is 24.6 Å². The van der Waals surface area contributed by atoms with Gasteiger partial charge in [0.2, 0.25) is 5.91 Å². The number of hydrogen-bond donors (Lipinski definition) is 1. The van der Waals surface area contributed by atoms with Gasteiger partial charge in [-0.2, -0.15) is 0 Å². The molecule has 1 amide bonds. The van der Waals surface area contributed by atoms with Crippen LogP contribution in [0.3, 0.4) is 0 Å². The summed E-state index contributed by atoms with van der Waals surface area (Å²) in [5.74, 6) is 0.135. The fourth-order valence-corrected chi connectivity index (χ4v) is 2.97. The van der Waals surface area contributed by atoms with Crippen molar-refractivity contribution in [2.75, 3.05) is 31.1 Å². The van der Waals surface area contributed by atoms with Crippen molar-refractivity contribution in [2.24, 2.45) is 5.73 Å². The summed E-state index contributed by atoms with van der Waals surface area (Å²) in [5, 5.41) is 0. The van der Waals surface area contributed by atoms with Crippen LogP contribution < -0.4 is 10.6 Å². The average molecular weight is 356 g/mol. The second-order valence-electron chi connectivity index (χ2n) is 4.87. The molecule has 1 heterocycles. The molecule has 0 spiro atoms. The Bertz CT molecular complexity index is 535. The molecule has 0 aromatic heterocycles. The highest BCUT2D eigenvalue weighted by Crippen LogP contribution is 2.26. The van der Waals surface area contributed by atoms with Crippen molar-refractivity contribution in [2.45, 2.75) is 13.3 Å². The Morgan fingerprint density at radius 1 is 1.30 bits per heavy atom. The van der Waals surface area contributed by atoms with Crippen LogP contribution in [0.5, 0.6) is 0 Å². The number of benzene rings is 1. The van der Waals surface area contributed by atoms with E-state index in [1.54, 1.807) is 6.92 Å². The first-order valence-corrected chi connectivity index (χ1v) is 7.79. The molecule has 2 rings (SSSR count). The van der Waals surface area contributed by atoms with Crippen molar-refractivity contribution in [3.8, 4) is 0 Å². The number of halogens is 1. The van der Waals surface area contributed by atoms with E-state index in [2.05, 4.69) is 20.8 Å². The molecule has 20 heavy (non-hydrogen) atoms. The largest absolute Gasteiger partial charge is 0.389 e. The van der Waals surface area contributed by atoms with Crippen LogP contribution in [0.2, 0.25) is 0 Å². The minimum atomic E-state index is 0.135. The first kappa shape index (κ1) is 15.3. The molecule has 1 saturated heterocycles. The molecular weight excluding hydrogens is 338 g/mol. The maximum atomic E-state index is 11.5. The molecule has 108 valence electrons. The predicted molar refractivity (Wildman–Crippen MR) is 89.1 cm³/mol. The number of thiocarbonyl (C=S) groups is 1. The van der Waals surface area contributed by atoms with Gasteiger partial charge >= 0.3 is 0 Å². The highest BCUT2D eigenvalue weighted by molar-refractivity contribution is 9.10. The van der Waals surface area contributed by atoms with Gasteiger partial charge in [0.15, 0.2) is 0 Å². The highest BCUT2D eigenvalue weighted by Gasteiger charge is 2.19. The lowest BCUT2D eigenvalue weighted by atomic mass is 10.1. The van der Waals surface area contributed by atoms with Gasteiger partial charge in [0.05, 0.1) is 0 Å². The van der Waals surface area contributed by atoms with E-state index in [1.165, 1.54) is 0 Å². The average Bonchev–Trinajstić information content (AvgIpc) is 2.63. The lowest BCUT2D eigenvalue weighted by molar-refractivity contribution is -0.128. The molecule has 1 fully saturated rings. The Hall–Kier alpha value is -1.14. The Labute approximate surface area is 133 Å². The Morgan fingerprint density at radius 2 is 2.05 bits per heavy atom. The Morgan fingerprint density at radius 3 is 2.70 bits per heavy atom. The van der Waals surface area contributed by atoms with E-state index in [-0.39, 0.29) is 5.91 Å². The zero-order valence-electron chi connectivity index (χ0n) is 11.4. The van der Waals surface area contributed by atoms with Gasteiger partial charge in [-0.25, -0.2) is 0 Å². The maximum Gasteiger partial charge on any atom is 0.219 e. The number of carbonyl (C=O) groups excluding carboxylic acids is 1. The van der Waals surface area contributed by atoms with Crippen molar-refractivity contribution in [1.82, 2.24) is 4.90 Å². The van der Waals surface area contributed by atoms with Crippen LogP contribution in [0, 0.1) is 0 Å². The molecule has 0 aliphatic carbocycles. The van der Waals surface area contributed by atoms with Crippen molar-refractivity contribution in [3.05, 3.63) is 28.2 Å². The van der Waals surface area contributed by atoms with Crippen molar-refractivity contribution < 1.29 is 4.79 Å². The summed E-state index contributed by atoms with van der Waals surface area (Å²) in [6, 6.07) is 5.92. The molecule has 1 aromatic rings. The van der Waals surface area contributed by atoms with Gasteiger partial charge in [-0.15, -0.1) is 0 Å². The smallest absolute Gasteiger partial charge is 0.219 e. The monoisotopic (exact) mass is 355 g/mol. The third-order valence-corrected chi connectivity index (χ3v) is 4.22. The fourth-order valence-electron chi connectivity index (χ4n) is 2.45. The van der Waals surface area contributed by atoms with Crippen LogP contribution in [-0.2, 0) is 4.79 Å². The molecule has 0 atom stereocenters. The molecule has 1 aromatic carbocycles. The summed E-state index contributed by atoms with van der Waals surface area (Å²) >= 11 is 8.62. The third-order valence-electron chi connectivity index (χ3n) is 3.51. The van der Waals surface area contributed by atoms with E-state index < -0.39 is 0 Å². The number of anilines is 1. The zero-order valence-corrected chi connectivity index (χ0v) is 13.8. The second-order valence-corrected chi connectivity index (χ2v) is 6.23. The summed E-state index contributed by atoms with van der Waals surface area (Å²) in [4.78, 5) is 16.0. The summed E-state index contributed by atoms with van der Waals surface area (Å²) in [6.45, 7) is 4.86. The fraction of sp³-hybridized carbons (Fsp3) is 0.429. The molecule has 0 saturated carbocycles. The Balaban J connectivity index is 2.25. The minimum Gasteiger partial charge on any atom is -0.389 e. The topological polar surface area (TPSA) is 49.6 Å². The molecule has 2 N–H and O–H groups in total. The summed E-state index contributed by atoms with van der Waals surface area (Å²) < 4.78 is 1.00. The molecule has 1 aliphatic rings. The van der Waals surface area contributed by atoms with E-state index in [0.717, 1.165) is 48.3 Å². The molecule has 4 nitrogen and oxygen atoms in total. The van der Waals surface area contributed by atoms with Crippen molar-refractivity contribution in [1.29, 1.82) is 0 Å². The first-order valence-electron chi connectivity index (χ1n) is 6.59. The number of amides is 1. The van der Waals surface area contributed by atoms with Gasteiger partial charge in [0.25, 0.3) is 0 Å². The van der Waals surface area contributed by atoms with Crippen LogP contribution in [0.1, 0.15) is 18.9 Å². The molecule has 0 radical (unpaired) electrons. The summed E-state index contributed by atoms with van der Waals surface area (Å²) in [7, 11) is 0. The maximum absolute atomic E-state index is 11.5. The van der Waals surface area contributed by atoms with E-state index in [1.807, 2.05) is 23.1 Å². The van der Waals surface area contributed by atoms with Gasteiger partial charge in [0.1, 0.15) is 4.99 Å². The quantitative estimate of drug-likeness (QED) is 0.825. The van der Waals surface area contributed by atoms with Gasteiger partial charge in [0, 0.05) is 48.8 Å². The number of nitrogens with zero attached hydrogens (tertiary/aromatic N) is 2. The lowest BCUT2D eigenvalue weighted by Crippen LogP contribution is -2.34. The van der Waals surface area contributed by atoms with E-state index in [0.29, 0.717) is 4.99 Å². The molecule has 1 aliphatic heterocycles. The number of nitrogens with two attached hydrogens (primary N) is 1.